The minimum Gasteiger partial charge on any atom is -0.481 e. The second-order valence-corrected chi connectivity index (χ2v) is 5.02. The molecule has 0 aliphatic heterocycles. The molecule has 0 bridgehead atoms. The fourth-order valence-corrected chi connectivity index (χ4v) is 1.69. The van der Waals surface area contributed by atoms with Gasteiger partial charge in [-0.2, -0.15) is 0 Å². The maximum absolute atomic E-state index is 13.0. The van der Waals surface area contributed by atoms with Crippen molar-refractivity contribution in [2.75, 3.05) is 0 Å². The Hall–Kier alpha value is -2.18. The van der Waals surface area contributed by atoms with Gasteiger partial charge in [0.25, 0.3) is 0 Å². The van der Waals surface area contributed by atoms with E-state index in [1.165, 1.54) is 6.07 Å². The lowest BCUT2D eigenvalue weighted by Crippen LogP contribution is -2.45. The Balaban J connectivity index is 2.52. The summed E-state index contributed by atoms with van der Waals surface area (Å²) < 4.78 is 25.7. The molecule has 0 aliphatic rings. The fourth-order valence-electron chi connectivity index (χ4n) is 1.69. The van der Waals surface area contributed by atoms with Crippen molar-refractivity contribution in [3.05, 3.63) is 35.4 Å². The first-order chi connectivity index (χ1) is 9.79. The Kier molecular flexibility index (Phi) is 6.08. The molecule has 1 aromatic carbocycles. The van der Waals surface area contributed by atoms with Crippen LogP contribution in [-0.4, -0.2) is 23.1 Å². The predicted octanol–water partition coefficient (Wildman–Crippen LogP) is 2.26. The monoisotopic (exact) mass is 300 g/mol. The van der Waals surface area contributed by atoms with Gasteiger partial charge in [0.05, 0.1) is 6.42 Å². The van der Waals surface area contributed by atoms with Gasteiger partial charge >= 0.3 is 12.0 Å². The van der Waals surface area contributed by atoms with Crippen LogP contribution in [0.1, 0.15) is 25.8 Å². The highest BCUT2D eigenvalue weighted by Crippen LogP contribution is 2.09. The van der Waals surface area contributed by atoms with Gasteiger partial charge in [-0.15, -0.1) is 0 Å². The van der Waals surface area contributed by atoms with E-state index < -0.39 is 29.7 Å². The second-order valence-electron chi connectivity index (χ2n) is 5.02. The van der Waals surface area contributed by atoms with Crippen LogP contribution >= 0.6 is 0 Å². The van der Waals surface area contributed by atoms with Crippen molar-refractivity contribution in [3.63, 3.8) is 0 Å². The third-order valence-corrected chi connectivity index (χ3v) is 2.95. The Morgan fingerprint density at radius 1 is 1.24 bits per heavy atom. The molecular formula is C14H18F2N2O3. The van der Waals surface area contributed by atoms with Crippen molar-refractivity contribution < 1.29 is 23.5 Å². The third-order valence-electron chi connectivity index (χ3n) is 2.95. The number of halogens is 2. The maximum atomic E-state index is 13.0. The van der Waals surface area contributed by atoms with Crippen LogP contribution < -0.4 is 10.6 Å². The number of hydrogen-bond acceptors (Lipinski definition) is 2. The maximum Gasteiger partial charge on any atom is 0.315 e. The lowest BCUT2D eigenvalue weighted by atomic mass is 10.0. The van der Waals surface area contributed by atoms with Crippen molar-refractivity contribution in [1.29, 1.82) is 0 Å². The third kappa shape index (κ3) is 5.76. The molecule has 0 heterocycles. The molecule has 2 amide bonds. The molecule has 1 rings (SSSR count). The molecule has 0 fully saturated rings. The summed E-state index contributed by atoms with van der Waals surface area (Å²) in [7, 11) is 0. The van der Waals surface area contributed by atoms with E-state index in [-0.39, 0.29) is 18.9 Å². The van der Waals surface area contributed by atoms with Crippen molar-refractivity contribution in [2.45, 2.75) is 32.9 Å². The van der Waals surface area contributed by atoms with E-state index >= 15 is 0 Å². The first kappa shape index (κ1) is 16.9. The number of benzene rings is 1. The molecule has 5 nitrogen and oxygen atoms in total. The molecule has 21 heavy (non-hydrogen) atoms. The summed E-state index contributed by atoms with van der Waals surface area (Å²) >= 11 is 0. The van der Waals surface area contributed by atoms with Gasteiger partial charge in [-0.1, -0.05) is 19.9 Å². The molecule has 0 radical (unpaired) electrons. The van der Waals surface area contributed by atoms with Gasteiger partial charge < -0.3 is 15.7 Å². The molecule has 1 atom stereocenters. The first-order valence-electron chi connectivity index (χ1n) is 6.49. The SMILES string of the molecule is CC(C)C(CC(=O)O)NC(=O)NCc1ccc(F)c(F)c1. The smallest absolute Gasteiger partial charge is 0.315 e. The second kappa shape index (κ2) is 7.56. The number of carboxylic acid groups (broad SMARTS) is 1. The Labute approximate surface area is 121 Å². The van der Waals surface area contributed by atoms with Crippen molar-refractivity contribution in [2.24, 2.45) is 5.92 Å². The highest BCUT2D eigenvalue weighted by atomic mass is 19.2. The predicted molar refractivity (Wildman–Crippen MR) is 72.6 cm³/mol. The van der Waals surface area contributed by atoms with E-state index in [9.17, 15) is 18.4 Å². The molecule has 0 saturated carbocycles. The number of carboxylic acids is 1. The largest absolute Gasteiger partial charge is 0.481 e. The van der Waals surface area contributed by atoms with Crippen LogP contribution in [0.4, 0.5) is 13.6 Å². The van der Waals surface area contributed by atoms with Gasteiger partial charge in [-0.25, -0.2) is 13.6 Å². The van der Waals surface area contributed by atoms with E-state index in [0.717, 1.165) is 12.1 Å². The normalized spacial score (nSPS) is 12.0. The topological polar surface area (TPSA) is 78.4 Å². The van der Waals surface area contributed by atoms with E-state index in [1.807, 2.05) is 0 Å². The van der Waals surface area contributed by atoms with Gasteiger partial charge in [0, 0.05) is 12.6 Å². The average Bonchev–Trinajstić information content (AvgIpc) is 2.38. The summed E-state index contributed by atoms with van der Waals surface area (Å²) in [6, 6.07) is 2.26. The Morgan fingerprint density at radius 2 is 1.90 bits per heavy atom. The molecule has 116 valence electrons. The minimum absolute atomic E-state index is 0.0148. The number of rotatable bonds is 6. The summed E-state index contributed by atoms with van der Waals surface area (Å²) in [5.41, 5.74) is 0.406. The van der Waals surface area contributed by atoms with E-state index in [2.05, 4.69) is 10.6 Å². The number of amides is 2. The number of carbonyl (C=O) groups is 2. The first-order valence-corrected chi connectivity index (χ1v) is 6.49. The molecule has 1 unspecified atom stereocenters. The summed E-state index contributed by atoms with van der Waals surface area (Å²) in [5.74, 6) is -2.99. The molecule has 7 heteroatoms. The number of nitrogens with one attached hydrogen (secondary N) is 2. The zero-order chi connectivity index (χ0) is 16.0. The summed E-state index contributed by atoms with van der Waals surface area (Å²) in [4.78, 5) is 22.4. The van der Waals surface area contributed by atoms with E-state index in [1.54, 1.807) is 13.8 Å². The van der Waals surface area contributed by atoms with Crippen LogP contribution in [0.15, 0.2) is 18.2 Å². The van der Waals surface area contributed by atoms with Crippen molar-refractivity contribution in [1.82, 2.24) is 10.6 Å². The van der Waals surface area contributed by atoms with Crippen LogP contribution in [0.25, 0.3) is 0 Å². The quantitative estimate of drug-likeness (QED) is 0.754. The van der Waals surface area contributed by atoms with Gasteiger partial charge in [0.1, 0.15) is 0 Å². The number of aliphatic carboxylic acids is 1. The Morgan fingerprint density at radius 3 is 2.43 bits per heavy atom. The Bertz CT molecular complexity index is 521. The molecule has 0 spiro atoms. The average molecular weight is 300 g/mol. The van der Waals surface area contributed by atoms with Crippen molar-refractivity contribution >= 4 is 12.0 Å². The van der Waals surface area contributed by atoms with Crippen LogP contribution in [0.3, 0.4) is 0 Å². The van der Waals surface area contributed by atoms with Crippen LogP contribution in [0, 0.1) is 17.6 Å². The molecule has 0 aromatic heterocycles. The molecule has 3 N–H and O–H groups in total. The zero-order valence-electron chi connectivity index (χ0n) is 11.8. The van der Waals surface area contributed by atoms with Crippen molar-refractivity contribution in [3.8, 4) is 0 Å². The highest BCUT2D eigenvalue weighted by molar-refractivity contribution is 5.75. The van der Waals surface area contributed by atoms with Gasteiger partial charge in [0.15, 0.2) is 11.6 Å². The minimum atomic E-state index is -1.00. The lowest BCUT2D eigenvalue weighted by Gasteiger charge is -2.20. The lowest BCUT2D eigenvalue weighted by molar-refractivity contribution is -0.137. The molecule has 0 saturated heterocycles. The number of hydrogen-bond donors (Lipinski definition) is 3. The van der Waals surface area contributed by atoms with E-state index in [4.69, 9.17) is 5.11 Å². The molecule has 1 aromatic rings. The summed E-state index contributed by atoms with van der Waals surface area (Å²) in [5, 5.41) is 13.8. The standard InChI is InChI=1S/C14H18F2N2O3/c1-8(2)12(6-13(19)20)18-14(21)17-7-9-3-4-10(15)11(16)5-9/h3-5,8,12H,6-7H2,1-2H3,(H,19,20)(H2,17,18,21). The number of carbonyl (C=O) groups excluding carboxylic acids is 1. The van der Waals surface area contributed by atoms with Gasteiger partial charge in [-0.05, 0) is 23.6 Å². The molecule has 0 aliphatic carbocycles. The van der Waals surface area contributed by atoms with Crippen LogP contribution in [0.5, 0.6) is 0 Å². The van der Waals surface area contributed by atoms with Gasteiger partial charge in [0.2, 0.25) is 0 Å². The van der Waals surface area contributed by atoms with Gasteiger partial charge in [-0.3, -0.25) is 4.79 Å². The molecular weight excluding hydrogens is 282 g/mol. The summed E-state index contributed by atoms with van der Waals surface area (Å²) in [6.45, 7) is 3.60. The number of urea groups is 1. The fraction of sp³-hybridized carbons (Fsp3) is 0.429. The van der Waals surface area contributed by atoms with E-state index in [0.29, 0.717) is 5.56 Å². The van der Waals surface area contributed by atoms with Crippen LogP contribution in [0.2, 0.25) is 0 Å². The summed E-state index contributed by atoms with van der Waals surface area (Å²) in [6.07, 6.45) is -0.184. The highest BCUT2D eigenvalue weighted by Gasteiger charge is 2.19. The zero-order valence-corrected chi connectivity index (χ0v) is 11.8. The van der Waals surface area contributed by atoms with Crippen LogP contribution in [-0.2, 0) is 11.3 Å².